The van der Waals surface area contributed by atoms with Crippen LogP contribution in [-0.2, 0) is 6.42 Å². The number of piperidine rings is 1. The van der Waals surface area contributed by atoms with Gasteiger partial charge in [0.05, 0.1) is 6.07 Å². The van der Waals surface area contributed by atoms with E-state index in [4.69, 9.17) is 11.0 Å². The molecule has 3 heteroatoms. The van der Waals surface area contributed by atoms with E-state index in [1.54, 1.807) is 0 Å². The quantitative estimate of drug-likeness (QED) is 0.844. The fourth-order valence-corrected chi connectivity index (χ4v) is 2.22. The zero-order valence-corrected chi connectivity index (χ0v) is 10.3. The molecule has 0 saturated carbocycles. The molecule has 1 aliphatic rings. The normalized spacial score (nSPS) is 18.8. The van der Waals surface area contributed by atoms with E-state index < -0.39 is 5.54 Å². The minimum Gasteiger partial charge on any atom is -0.371 e. The summed E-state index contributed by atoms with van der Waals surface area (Å²) >= 11 is 0. The molecule has 0 aliphatic carbocycles. The molecule has 2 rings (SSSR count). The lowest BCUT2D eigenvalue weighted by atomic mass is 9.90. The molecule has 0 unspecified atom stereocenters. The van der Waals surface area contributed by atoms with Gasteiger partial charge in [-0.1, -0.05) is 19.1 Å². The van der Waals surface area contributed by atoms with Gasteiger partial charge in [-0.05, 0) is 37.0 Å². The minimum absolute atomic E-state index is 0.611. The summed E-state index contributed by atoms with van der Waals surface area (Å²) in [6.07, 6.45) is 2.57. The summed E-state index contributed by atoms with van der Waals surface area (Å²) in [5.74, 6) is 0. The molecule has 0 amide bonds. The number of hydrogen-bond acceptors (Lipinski definition) is 3. The van der Waals surface area contributed by atoms with E-state index in [-0.39, 0.29) is 0 Å². The first-order chi connectivity index (χ1) is 8.17. The number of anilines is 1. The van der Waals surface area contributed by atoms with Crippen LogP contribution in [0.3, 0.4) is 0 Å². The van der Waals surface area contributed by atoms with E-state index in [0.717, 1.165) is 32.4 Å². The first kappa shape index (κ1) is 11.9. The zero-order chi connectivity index (χ0) is 12.3. The highest BCUT2D eigenvalue weighted by molar-refractivity contribution is 5.48. The molecule has 1 fully saturated rings. The van der Waals surface area contributed by atoms with E-state index in [1.807, 2.05) is 0 Å². The van der Waals surface area contributed by atoms with Crippen molar-refractivity contribution >= 4 is 5.69 Å². The Morgan fingerprint density at radius 2 is 1.88 bits per heavy atom. The third-order valence-corrected chi connectivity index (χ3v) is 3.59. The van der Waals surface area contributed by atoms with Crippen molar-refractivity contribution in [3.63, 3.8) is 0 Å². The van der Waals surface area contributed by atoms with Gasteiger partial charge >= 0.3 is 0 Å². The number of rotatable bonds is 2. The Hall–Kier alpha value is -1.53. The van der Waals surface area contributed by atoms with Crippen LogP contribution in [0.15, 0.2) is 24.3 Å². The minimum atomic E-state index is -0.611. The lowest BCUT2D eigenvalue weighted by molar-refractivity contribution is 0.415. The number of aryl methyl sites for hydroxylation is 1. The van der Waals surface area contributed by atoms with Crippen LogP contribution in [0.5, 0.6) is 0 Å². The molecule has 0 spiro atoms. The van der Waals surface area contributed by atoms with E-state index in [0.29, 0.717) is 0 Å². The number of hydrogen-bond donors (Lipinski definition) is 1. The van der Waals surface area contributed by atoms with E-state index in [9.17, 15) is 0 Å². The SMILES string of the molecule is CCc1ccc(N2CCC(N)(C#N)CC2)cc1. The summed E-state index contributed by atoms with van der Waals surface area (Å²) in [5, 5.41) is 8.98. The lowest BCUT2D eigenvalue weighted by Gasteiger charge is -2.36. The van der Waals surface area contributed by atoms with Crippen molar-refractivity contribution in [2.45, 2.75) is 31.7 Å². The zero-order valence-electron chi connectivity index (χ0n) is 10.3. The molecule has 0 radical (unpaired) electrons. The molecule has 2 N–H and O–H groups in total. The maximum absolute atomic E-state index is 8.98. The predicted molar refractivity (Wildman–Crippen MR) is 69.8 cm³/mol. The Morgan fingerprint density at radius 1 is 1.29 bits per heavy atom. The summed E-state index contributed by atoms with van der Waals surface area (Å²) in [4.78, 5) is 2.31. The molecule has 3 nitrogen and oxygen atoms in total. The van der Waals surface area contributed by atoms with Crippen molar-refractivity contribution in [1.29, 1.82) is 5.26 Å². The third kappa shape index (κ3) is 2.59. The van der Waals surface area contributed by atoms with Gasteiger partial charge in [-0.3, -0.25) is 0 Å². The van der Waals surface area contributed by atoms with Gasteiger partial charge in [-0.2, -0.15) is 5.26 Å². The fraction of sp³-hybridized carbons (Fsp3) is 0.500. The number of nitriles is 1. The molecule has 1 heterocycles. The average molecular weight is 229 g/mol. The molecule has 1 aromatic rings. The monoisotopic (exact) mass is 229 g/mol. The molecule has 0 bridgehead atoms. The molecule has 1 aliphatic heterocycles. The summed E-state index contributed by atoms with van der Waals surface area (Å²) in [6, 6.07) is 10.9. The smallest absolute Gasteiger partial charge is 0.107 e. The maximum Gasteiger partial charge on any atom is 0.107 e. The topological polar surface area (TPSA) is 53.0 Å². The number of benzene rings is 1. The Labute approximate surface area is 103 Å². The molecule has 1 aromatic carbocycles. The van der Waals surface area contributed by atoms with Crippen LogP contribution in [0, 0.1) is 11.3 Å². The van der Waals surface area contributed by atoms with Crippen LogP contribution in [0.1, 0.15) is 25.3 Å². The Morgan fingerprint density at radius 3 is 2.35 bits per heavy atom. The van der Waals surface area contributed by atoms with Gasteiger partial charge in [0.1, 0.15) is 5.54 Å². The molecule has 0 aromatic heterocycles. The summed E-state index contributed by atoms with van der Waals surface area (Å²) in [5.41, 5.74) is 7.94. The van der Waals surface area contributed by atoms with Crippen molar-refractivity contribution in [2.24, 2.45) is 5.73 Å². The van der Waals surface area contributed by atoms with Gasteiger partial charge in [-0.15, -0.1) is 0 Å². The lowest BCUT2D eigenvalue weighted by Crippen LogP contribution is -2.49. The molecular formula is C14H19N3. The van der Waals surface area contributed by atoms with Crippen LogP contribution in [0.25, 0.3) is 0 Å². The van der Waals surface area contributed by atoms with Crippen LogP contribution in [0.4, 0.5) is 5.69 Å². The highest BCUT2D eigenvalue weighted by atomic mass is 15.1. The van der Waals surface area contributed by atoms with Crippen molar-refractivity contribution in [1.82, 2.24) is 0 Å². The second kappa shape index (κ2) is 4.77. The largest absolute Gasteiger partial charge is 0.371 e. The first-order valence-corrected chi connectivity index (χ1v) is 6.21. The highest BCUT2D eigenvalue weighted by Crippen LogP contribution is 2.24. The van der Waals surface area contributed by atoms with E-state index in [2.05, 4.69) is 42.2 Å². The predicted octanol–water partition coefficient (Wildman–Crippen LogP) is 2.07. The van der Waals surface area contributed by atoms with Gasteiger partial charge in [0, 0.05) is 18.8 Å². The standard InChI is InChI=1S/C14H19N3/c1-2-12-3-5-13(6-4-12)17-9-7-14(16,11-15)8-10-17/h3-6H,2,7-10,16H2,1H3. The first-order valence-electron chi connectivity index (χ1n) is 6.21. The Bertz CT molecular complexity index is 408. The summed E-state index contributed by atoms with van der Waals surface area (Å²) in [6.45, 7) is 3.90. The Kier molecular flexibility index (Phi) is 3.35. The summed E-state index contributed by atoms with van der Waals surface area (Å²) in [7, 11) is 0. The van der Waals surface area contributed by atoms with E-state index in [1.165, 1.54) is 11.3 Å². The van der Waals surface area contributed by atoms with Gasteiger partial charge in [0.25, 0.3) is 0 Å². The molecule has 90 valence electrons. The average Bonchev–Trinajstić information content (AvgIpc) is 2.40. The van der Waals surface area contributed by atoms with Crippen molar-refractivity contribution < 1.29 is 0 Å². The van der Waals surface area contributed by atoms with Gasteiger partial charge < -0.3 is 10.6 Å². The highest BCUT2D eigenvalue weighted by Gasteiger charge is 2.30. The van der Waals surface area contributed by atoms with Gasteiger partial charge in [0.15, 0.2) is 0 Å². The fourth-order valence-electron chi connectivity index (χ4n) is 2.22. The second-order valence-electron chi connectivity index (χ2n) is 4.77. The van der Waals surface area contributed by atoms with Crippen molar-refractivity contribution in [3.8, 4) is 6.07 Å². The Balaban J connectivity index is 2.03. The number of nitrogens with two attached hydrogens (primary N) is 1. The van der Waals surface area contributed by atoms with Gasteiger partial charge in [-0.25, -0.2) is 0 Å². The maximum atomic E-state index is 8.98. The van der Waals surface area contributed by atoms with Crippen LogP contribution in [-0.4, -0.2) is 18.6 Å². The van der Waals surface area contributed by atoms with Gasteiger partial charge in [0.2, 0.25) is 0 Å². The summed E-state index contributed by atoms with van der Waals surface area (Å²) < 4.78 is 0. The van der Waals surface area contributed by atoms with Crippen LogP contribution >= 0.6 is 0 Å². The third-order valence-electron chi connectivity index (χ3n) is 3.59. The second-order valence-corrected chi connectivity index (χ2v) is 4.77. The van der Waals surface area contributed by atoms with Crippen molar-refractivity contribution in [3.05, 3.63) is 29.8 Å². The molecule has 17 heavy (non-hydrogen) atoms. The van der Waals surface area contributed by atoms with Crippen LogP contribution < -0.4 is 10.6 Å². The van der Waals surface area contributed by atoms with Crippen molar-refractivity contribution in [2.75, 3.05) is 18.0 Å². The van der Waals surface area contributed by atoms with Crippen LogP contribution in [0.2, 0.25) is 0 Å². The number of nitrogens with zero attached hydrogens (tertiary/aromatic N) is 2. The molecule has 0 atom stereocenters. The molecule has 1 saturated heterocycles. The van der Waals surface area contributed by atoms with E-state index >= 15 is 0 Å². The molecular weight excluding hydrogens is 210 g/mol.